The standard InChI is InChI=1S/C21H20O7/c22-16-11-12-17(28-20(25)15-9-5-2-6-10-15)21(26,18(16)23)13-27-19(24)14-7-3-1-4-8-14/h1-12,16-18,22-23,26H,13H2/t16-,17+,18+,21-/m1/s1. The summed E-state index contributed by atoms with van der Waals surface area (Å²) in [7, 11) is 0. The van der Waals surface area contributed by atoms with Crippen molar-refractivity contribution in [2.75, 3.05) is 6.61 Å². The van der Waals surface area contributed by atoms with Crippen LogP contribution < -0.4 is 0 Å². The van der Waals surface area contributed by atoms with E-state index >= 15 is 0 Å². The Morgan fingerprint density at radius 2 is 1.39 bits per heavy atom. The highest BCUT2D eigenvalue weighted by Crippen LogP contribution is 2.29. The van der Waals surface area contributed by atoms with Crippen LogP contribution in [0.2, 0.25) is 0 Å². The summed E-state index contributed by atoms with van der Waals surface area (Å²) in [5, 5.41) is 31.1. The highest BCUT2D eigenvalue weighted by atomic mass is 16.6. The molecule has 3 rings (SSSR count). The molecule has 3 N–H and O–H groups in total. The summed E-state index contributed by atoms with van der Waals surface area (Å²) in [5.41, 5.74) is -1.71. The summed E-state index contributed by atoms with van der Waals surface area (Å²) < 4.78 is 10.4. The number of esters is 2. The second-order valence-electron chi connectivity index (χ2n) is 6.45. The van der Waals surface area contributed by atoms with Crippen molar-refractivity contribution in [1.82, 2.24) is 0 Å². The predicted octanol–water partition coefficient (Wildman–Crippen LogP) is 1.09. The molecular weight excluding hydrogens is 364 g/mol. The van der Waals surface area contributed by atoms with Gasteiger partial charge >= 0.3 is 11.9 Å². The van der Waals surface area contributed by atoms with Crippen molar-refractivity contribution in [1.29, 1.82) is 0 Å². The molecule has 2 aromatic rings. The fourth-order valence-corrected chi connectivity index (χ4v) is 2.86. The maximum Gasteiger partial charge on any atom is 0.338 e. The molecule has 0 spiro atoms. The SMILES string of the molecule is O=C(OC[C@@]1(O)[C@@H](OC(=O)c2ccccc2)C=C[C@@H](O)[C@@H]1O)c1ccccc1. The summed E-state index contributed by atoms with van der Waals surface area (Å²) in [6.45, 7) is -0.684. The average molecular weight is 384 g/mol. The van der Waals surface area contributed by atoms with Gasteiger partial charge in [0.25, 0.3) is 0 Å². The third kappa shape index (κ3) is 4.12. The Labute approximate surface area is 161 Å². The molecule has 146 valence electrons. The molecule has 0 radical (unpaired) electrons. The first kappa shape index (κ1) is 19.8. The number of hydrogen-bond donors (Lipinski definition) is 3. The van der Waals surface area contributed by atoms with Gasteiger partial charge in [-0.25, -0.2) is 9.59 Å². The molecule has 0 aromatic heterocycles. The van der Waals surface area contributed by atoms with Gasteiger partial charge in [-0.05, 0) is 30.3 Å². The largest absolute Gasteiger partial charge is 0.459 e. The quantitative estimate of drug-likeness (QED) is 0.522. The van der Waals surface area contributed by atoms with Crippen LogP contribution in [0.15, 0.2) is 72.8 Å². The van der Waals surface area contributed by atoms with Gasteiger partial charge < -0.3 is 24.8 Å². The molecular formula is C21H20O7. The first-order valence-electron chi connectivity index (χ1n) is 8.67. The van der Waals surface area contributed by atoms with Crippen molar-refractivity contribution in [2.24, 2.45) is 0 Å². The van der Waals surface area contributed by atoms with Crippen molar-refractivity contribution < 1.29 is 34.4 Å². The third-order valence-electron chi connectivity index (χ3n) is 4.50. The van der Waals surface area contributed by atoms with Crippen LogP contribution in [-0.4, -0.2) is 57.8 Å². The van der Waals surface area contributed by atoms with Crippen LogP contribution in [0, 0.1) is 0 Å². The van der Waals surface area contributed by atoms with E-state index < -0.39 is 42.5 Å². The van der Waals surface area contributed by atoms with Gasteiger partial charge in [0, 0.05) is 0 Å². The van der Waals surface area contributed by atoms with E-state index in [1.165, 1.54) is 36.4 Å². The molecule has 0 saturated heterocycles. The summed E-state index contributed by atoms with van der Waals surface area (Å²) in [5.74, 6) is -1.45. The predicted molar refractivity (Wildman–Crippen MR) is 98.5 cm³/mol. The Bertz CT molecular complexity index is 850. The van der Waals surface area contributed by atoms with Crippen LogP contribution in [-0.2, 0) is 9.47 Å². The molecule has 1 aliphatic carbocycles. The number of aliphatic hydroxyl groups excluding tert-OH is 2. The molecule has 7 heteroatoms. The summed E-state index contributed by atoms with van der Waals surface area (Å²) in [4.78, 5) is 24.5. The zero-order valence-electron chi connectivity index (χ0n) is 14.8. The minimum atomic E-state index is -2.22. The Kier molecular flexibility index (Phi) is 5.89. The van der Waals surface area contributed by atoms with E-state index in [9.17, 15) is 24.9 Å². The Hall–Kier alpha value is -3.00. The van der Waals surface area contributed by atoms with Crippen molar-refractivity contribution in [3.8, 4) is 0 Å². The molecule has 0 unspecified atom stereocenters. The number of carbonyl (C=O) groups is 2. The van der Waals surface area contributed by atoms with Gasteiger partial charge in [0.1, 0.15) is 18.8 Å². The lowest BCUT2D eigenvalue weighted by Crippen LogP contribution is -2.62. The van der Waals surface area contributed by atoms with Crippen molar-refractivity contribution in [3.05, 3.63) is 83.9 Å². The van der Waals surface area contributed by atoms with E-state index in [2.05, 4.69) is 0 Å². The lowest BCUT2D eigenvalue weighted by Gasteiger charge is -2.41. The van der Waals surface area contributed by atoms with Crippen LogP contribution >= 0.6 is 0 Å². The molecule has 1 aliphatic rings. The molecule has 0 bridgehead atoms. The maximum atomic E-state index is 12.3. The van der Waals surface area contributed by atoms with Gasteiger partial charge in [-0.1, -0.05) is 42.5 Å². The van der Waals surface area contributed by atoms with Crippen LogP contribution in [0.25, 0.3) is 0 Å². The van der Waals surface area contributed by atoms with Gasteiger partial charge in [0.2, 0.25) is 0 Å². The second kappa shape index (κ2) is 8.35. The Morgan fingerprint density at radius 1 is 0.857 bits per heavy atom. The first-order chi connectivity index (χ1) is 13.4. The fraction of sp³-hybridized carbons (Fsp3) is 0.238. The summed E-state index contributed by atoms with van der Waals surface area (Å²) >= 11 is 0. The van der Waals surface area contributed by atoms with Crippen molar-refractivity contribution in [3.63, 3.8) is 0 Å². The third-order valence-corrected chi connectivity index (χ3v) is 4.50. The molecule has 0 aliphatic heterocycles. The fourth-order valence-electron chi connectivity index (χ4n) is 2.86. The summed E-state index contributed by atoms with van der Waals surface area (Å²) in [6, 6.07) is 16.2. The van der Waals surface area contributed by atoms with Gasteiger partial charge in [-0.2, -0.15) is 0 Å². The summed E-state index contributed by atoms with van der Waals surface area (Å²) in [6.07, 6.45) is -2.00. The van der Waals surface area contributed by atoms with E-state index in [0.29, 0.717) is 0 Å². The molecule has 0 saturated carbocycles. The number of ether oxygens (including phenoxy) is 2. The Morgan fingerprint density at radius 3 is 1.96 bits per heavy atom. The second-order valence-corrected chi connectivity index (χ2v) is 6.45. The molecule has 7 nitrogen and oxygen atoms in total. The maximum absolute atomic E-state index is 12.3. The lowest BCUT2D eigenvalue weighted by molar-refractivity contribution is -0.183. The van der Waals surface area contributed by atoms with E-state index in [1.807, 2.05) is 0 Å². The number of rotatable bonds is 5. The van der Waals surface area contributed by atoms with E-state index in [-0.39, 0.29) is 11.1 Å². The number of aliphatic hydroxyl groups is 3. The lowest BCUT2D eigenvalue weighted by atomic mass is 9.82. The van der Waals surface area contributed by atoms with Gasteiger partial charge in [-0.3, -0.25) is 0 Å². The normalized spacial score (nSPS) is 26.5. The van der Waals surface area contributed by atoms with Crippen LogP contribution in [0.3, 0.4) is 0 Å². The van der Waals surface area contributed by atoms with Crippen LogP contribution in [0.4, 0.5) is 0 Å². The van der Waals surface area contributed by atoms with Gasteiger partial charge in [0.05, 0.1) is 11.1 Å². The number of carbonyl (C=O) groups excluding carboxylic acids is 2. The highest BCUT2D eigenvalue weighted by Gasteiger charge is 2.51. The number of benzene rings is 2. The number of hydrogen-bond acceptors (Lipinski definition) is 7. The molecule has 0 heterocycles. The average Bonchev–Trinajstić information content (AvgIpc) is 2.74. The van der Waals surface area contributed by atoms with E-state index in [0.717, 1.165) is 0 Å². The van der Waals surface area contributed by atoms with Gasteiger partial charge in [-0.15, -0.1) is 0 Å². The van der Waals surface area contributed by atoms with Crippen molar-refractivity contribution in [2.45, 2.75) is 23.9 Å². The molecule has 0 fully saturated rings. The zero-order chi connectivity index (χ0) is 20.1. The van der Waals surface area contributed by atoms with E-state index in [1.54, 1.807) is 36.4 Å². The first-order valence-corrected chi connectivity index (χ1v) is 8.67. The molecule has 4 atom stereocenters. The molecule has 2 aromatic carbocycles. The minimum Gasteiger partial charge on any atom is -0.459 e. The van der Waals surface area contributed by atoms with Crippen LogP contribution in [0.5, 0.6) is 0 Å². The molecule has 0 amide bonds. The van der Waals surface area contributed by atoms with Crippen LogP contribution in [0.1, 0.15) is 20.7 Å². The minimum absolute atomic E-state index is 0.250. The monoisotopic (exact) mass is 384 g/mol. The smallest absolute Gasteiger partial charge is 0.338 e. The van der Waals surface area contributed by atoms with Crippen molar-refractivity contribution >= 4 is 11.9 Å². The van der Waals surface area contributed by atoms with Gasteiger partial charge in [0.15, 0.2) is 11.7 Å². The Balaban J connectivity index is 1.77. The zero-order valence-corrected chi connectivity index (χ0v) is 14.8. The topological polar surface area (TPSA) is 113 Å². The van der Waals surface area contributed by atoms with E-state index in [4.69, 9.17) is 9.47 Å². The molecule has 28 heavy (non-hydrogen) atoms. The highest BCUT2D eigenvalue weighted by molar-refractivity contribution is 5.90.